The van der Waals surface area contributed by atoms with E-state index in [1.54, 1.807) is 0 Å². The summed E-state index contributed by atoms with van der Waals surface area (Å²) in [7, 11) is -2.51. The van der Waals surface area contributed by atoms with Gasteiger partial charge in [0.25, 0.3) is 0 Å². The van der Waals surface area contributed by atoms with Crippen LogP contribution in [0, 0.1) is 11.8 Å². The van der Waals surface area contributed by atoms with Crippen LogP contribution in [-0.4, -0.2) is 86.4 Å². The average Bonchev–Trinajstić information content (AvgIpc) is 3.48. The highest BCUT2D eigenvalue weighted by atomic mass is 32.2. The molecule has 3 N–H and O–H groups in total. The molecular formula is C24H46N2O8S. The molecule has 4 fully saturated rings. The second-order valence-corrected chi connectivity index (χ2v) is 11.7. The molecule has 0 aromatic carbocycles. The number of likely N-dealkylation sites (tertiary alicyclic amines) is 1. The van der Waals surface area contributed by atoms with Crippen molar-refractivity contribution in [1.82, 2.24) is 9.62 Å². The number of rotatable bonds is 4. The highest BCUT2D eigenvalue weighted by Gasteiger charge is 2.59. The molecular weight excluding hydrogens is 476 g/mol. The zero-order valence-corrected chi connectivity index (χ0v) is 22.8. The van der Waals surface area contributed by atoms with Crippen LogP contribution < -0.4 is 4.72 Å². The molecule has 3 atom stereocenters. The zero-order valence-electron chi connectivity index (χ0n) is 22.0. The lowest BCUT2D eigenvalue weighted by molar-refractivity contribution is -0.209. The second-order valence-electron chi connectivity index (χ2n) is 9.98. The van der Waals surface area contributed by atoms with Crippen molar-refractivity contribution in [3.05, 3.63) is 11.6 Å². The first-order valence-electron chi connectivity index (χ1n) is 12.1. The molecule has 10 nitrogen and oxygen atoms in total. The van der Waals surface area contributed by atoms with Gasteiger partial charge in [0, 0.05) is 46.3 Å². The smallest absolute Gasteiger partial charge is 0.407 e. The molecule has 3 heterocycles. The average molecular weight is 523 g/mol. The van der Waals surface area contributed by atoms with Gasteiger partial charge < -0.3 is 24.6 Å². The van der Waals surface area contributed by atoms with Crippen molar-refractivity contribution >= 4 is 22.0 Å². The molecule has 35 heavy (non-hydrogen) atoms. The zero-order chi connectivity index (χ0) is 26.9. The van der Waals surface area contributed by atoms with Crippen molar-refractivity contribution in [3.63, 3.8) is 0 Å². The summed E-state index contributed by atoms with van der Waals surface area (Å²) in [5, 5.41) is 15.5. The largest absolute Gasteiger partial charge is 0.465 e. The van der Waals surface area contributed by atoms with Gasteiger partial charge in [-0.05, 0) is 40.5 Å². The summed E-state index contributed by atoms with van der Waals surface area (Å²) in [6.45, 7) is 11.0. The maximum absolute atomic E-state index is 11.1. The minimum Gasteiger partial charge on any atom is -0.465 e. The van der Waals surface area contributed by atoms with Crippen LogP contribution in [0.1, 0.15) is 67.6 Å². The number of nitrogens with one attached hydrogen (secondary N) is 1. The number of hydrogen-bond donors (Lipinski definition) is 3. The van der Waals surface area contributed by atoms with Crippen molar-refractivity contribution in [2.24, 2.45) is 11.8 Å². The van der Waals surface area contributed by atoms with Gasteiger partial charge in [-0.1, -0.05) is 24.5 Å². The summed E-state index contributed by atoms with van der Waals surface area (Å²) >= 11 is 0. The molecule has 3 saturated heterocycles. The van der Waals surface area contributed by atoms with E-state index in [4.69, 9.17) is 19.7 Å². The van der Waals surface area contributed by atoms with E-state index in [9.17, 15) is 18.0 Å². The van der Waals surface area contributed by atoms with Gasteiger partial charge >= 0.3 is 6.09 Å². The predicted molar refractivity (Wildman–Crippen MR) is 136 cm³/mol. The molecule has 3 aliphatic heterocycles. The van der Waals surface area contributed by atoms with Crippen LogP contribution in [0.2, 0.25) is 0 Å². The number of amides is 2. The molecule has 0 unspecified atom stereocenters. The summed E-state index contributed by atoms with van der Waals surface area (Å²) in [6.07, 6.45) is 8.59. The molecule has 0 bridgehead atoms. The normalized spacial score (nSPS) is 28.8. The lowest BCUT2D eigenvalue weighted by Crippen LogP contribution is -2.56. The molecule has 1 spiro atoms. The summed E-state index contributed by atoms with van der Waals surface area (Å²) in [4.78, 5) is 22.6. The number of aliphatic hydroxyl groups excluding tert-OH is 1. The van der Waals surface area contributed by atoms with E-state index >= 15 is 0 Å². The first-order valence-corrected chi connectivity index (χ1v) is 14.0. The Balaban J connectivity index is 0.000000534. The lowest BCUT2D eigenvalue weighted by Gasteiger charge is -2.51. The van der Waals surface area contributed by atoms with E-state index in [1.165, 1.54) is 42.6 Å². The monoisotopic (exact) mass is 522 g/mol. The Morgan fingerprint density at radius 1 is 1.17 bits per heavy atom. The molecule has 1 aliphatic carbocycles. The molecule has 206 valence electrons. The van der Waals surface area contributed by atoms with Gasteiger partial charge in [-0.15, -0.1) is 0 Å². The molecule has 2 amide bonds. The standard InChI is InChI=1S/C11H18O2.C7H12N2O5S.C5H10.CH4O.H2/c1-10(8-13-10)9-4-2-3-5-11(9)6-7-12-11;1-15(13,14)8-6(10)2-5-3-9(4-5)7(11)12;1-4-5(2)3;1-2;/h9H,2-8H2,1H3;5H,2-4H2,1H3,(H,8,10)(H,11,12);4H,1-3H3;2H,1H3;1H/t9-,10+,11+;;;;/m1..../s1. The van der Waals surface area contributed by atoms with Gasteiger partial charge in [-0.2, -0.15) is 0 Å². The second kappa shape index (κ2) is 13.6. The number of carboxylic acid groups (broad SMARTS) is 1. The summed E-state index contributed by atoms with van der Waals surface area (Å²) in [5.74, 6) is 0.0119. The van der Waals surface area contributed by atoms with Gasteiger partial charge in [0.05, 0.1) is 30.7 Å². The number of sulfonamides is 1. The lowest BCUT2D eigenvalue weighted by atomic mass is 9.66. The number of nitrogens with zero attached hydrogens (tertiary/aromatic N) is 1. The minimum atomic E-state index is -3.51. The van der Waals surface area contributed by atoms with Crippen molar-refractivity contribution in [2.45, 2.75) is 77.4 Å². The number of aliphatic hydroxyl groups is 1. The summed E-state index contributed by atoms with van der Waals surface area (Å²) in [6, 6.07) is 0. The van der Waals surface area contributed by atoms with Crippen LogP contribution in [0.25, 0.3) is 0 Å². The maximum atomic E-state index is 11.1. The van der Waals surface area contributed by atoms with Gasteiger partial charge in [0.2, 0.25) is 15.9 Å². The Morgan fingerprint density at radius 3 is 2.09 bits per heavy atom. The fraction of sp³-hybridized carbons (Fsp3) is 0.833. The topological polar surface area (TPSA) is 146 Å². The van der Waals surface area contributed by atoms with Crippen LogP contribution in [0.4, 0.5) is 4.79 Å². The van der Waals surface area contributed by atoms with Gasteiger partial charge in [-0.3, -0.25) is 9.52 Å². The molecule has 4 aliphatic rings. The molecule has 0 radical (unpaired) electrons. The predicted octanol–water partition coefficient (Wildman–Crippen LogP) is 3.01. The molecule has 0 aromatic rings. The highest BCUT2D eigenvalue weighted by Crippen LogP contribution is 2.53. The molecule has 0 aromatic heterocycles. The summed E-state index contributed by atoms with van der Waals surface area (Å²) in [5.41, 5.74) is 1.80. The Labute approximate surface area is 211 Å². The SMILES string of the molecule is CC=C(C)C.CO.CS(=O)(=O)NC(=O)CC1CN(C(=O)O)C1.C[C@@]1([C@H]2CCCC[C@]23CCO3)CO1.[HH]. The van der Waals surface area contributed by atoms with Crippen molar-refractivity contribution < 1.29 is 39.1 Å². The van der Waals surface area contributed by atoms with Crippen LogP contribution in [0.5, 0.6) is 0 Å². The number of carbonyl (C=O) groups is 2. The van der Waals surface area contributed by atoms with Crippen molar-refractivity contribution in [3.8, 4) is 0 Å². The minimum absolute atomic E-state index is 0. The van der Waals surface area contributed by atoms with E-state index < -0.39 is 22.0 Å². The fourth-order valence-electron chi connectivity index (χ4n) is 4.59. The third-order valence-electron chi connectivity index (χ3n) is 6.81. The number of carbonyl (C=O) groups excluding carboxylic acids is 1. The first kappa shape index (κ1) is 31.3. The van der Waals surface area contributed by atoms with E-state index in [-0.39, 0.29) is 38.1 Å². The van der Waals surface area contributed by atoms with E-state index in [2.05, 4.69) is 26.8 Å². The maximum Gasteiger partial charge on any atom is 0.407 e. The van der Waals surface area contributed by atoms with Gasteiger partial charge in [0.15, 0.2) is 0 Å². The quantitative estimate of drug-likeness (QED) is 0.377. The van der Waals surface area contributed by atoms with E-state index in [1.807, 2.05) is 11.6 Å². The van der Waals surface area contributed by atoms with E-state index in [0.29, 0.717) is 5.92 Å². The number of allylic oxidation sites excluding steroid dienone is 2. The third-order valence-corrected chi connectivity index (χ3v) is 7.41. The van der Waals surface area contributed by atoms with Crippen molar-refractivity contribution in [2.75, 3.05) is 39.7 Å². The number of ether oxygens (including phenoxy) is 2. The molecule has 1 saturated carbocycles. The molecule has 11 heteroatoms. The first-order chi connectivity index (χ1) is 16.3. The molecule has 4 rings (SSSR count). The van der Waals surface area contributed by atoms with Crippen LogP contribution in [0.3, 0.4) is 0 Å². The highest BCUT2D eigenvalue weighted by molar-refractivity contribution is 7.89. The fourth-order valence-corrected chi connectivity index (χ4v) is 5.09. The Bertz CT molecular complexity index is 831. The van der Waals surface area contributed by atoms with Crippen LogP contribution >= 0.6 is 0 Å². The number of hydrogen-bond acceptors (Lipinski definition) is 7. The van der Waals surface area contributed by atoms with Crippen molar-refractivity contribution in [1.29, 1.82) is 0 Å². The van der Waals surface area contributed by atoms with Gasteiger partial charge in [-0.25, -0.2) is 13.2 Å². The Kier molecular flexibility index (Phi) is 12.2. The van der Waals surface area contributed by atoms with Crippen LogP contribution in [0.15, 0.2) is 11.6 Å². The van der Waals surface area contributed by atoms with Crippen LogP contribution in [-0.2, 0) is 24.3 Å². The Morgan fingerprint density at radius 2 is 1.71 bits per heavy atom. The van der Waals surface area contributed by atoms with Gasteiger partial charge in [0.1, 0.15) is 0 Å². The Hall–Kier alpha value is -1.69. The third kappa shape index (κ3) is 10.1. The van der Waals surface area contributed by atoms with E-state index in [0.717, 1.165) is 26.6 Å². The number of epoxide rings is 1. The summed E-state index contributed by atoms with van der Waals surface area (Å²) < 4.78 is 34.6.